The maximum Gasteiger partial charge on any atom is 0.335 e. The molecule has 4 nitrogen and oxygen atoms in total. The minimum atomic E-state index is -0.914. The second kappa shape index (κ2) is 6.33. The molecule has 0 saturated heterocycles. The number of carboxylic acid groups (broad SMARTS) is 1. The topological polar surface area (TPSA) is 54.1 Å². The highest BCUT2D eigenvalue weighted by Gasteiger charge is 2.09. The summed E-state index contributed by atoms with van der Waals surface area (Å²) in [7, 11) is 0. The Morgan fingerprint density at radius 1 is 1.10 bits per heavy atom. The summed E-state index contributed by atoms with van der Waals surface area (Å²) in [6.45, 7) is 0.548. The molecule has 0 spiro atoms. The van der Waals surface area contributed by atoms with Crippen molar-refractivity contribution in [2.45, 2.75) is 6.54 Å². The smallest absolute Gasteiger partial charge is 0.335 e. The van der Waals surface area contributed by atoms with Gasteiger partial charge in [0.05, 0.1) is 5.56 Å². The average Bonchev–Trinajstić information content (AvgIpc) is 2.47. The lowest BCUT2D eigenvalue weighted by molar-refractivity contribution is -0.743. The van der Waals surface area contributed by atoms with Crippen LogP contribution in [0, 0.1) is 0 Å². The first-order chi connectivity index (χ1) is 9.72. The fourth-order valence-corrected chi connectivity index (χ4v) is 2.14. The van der Waals surface area contributed by atoms with E-state index in [1.54, 1.807) is 18.2 Å². The van der Waals surface area contributed by atoms with Crippen molar-refractivity contribution in [1.29, 1.82) is 0 Å². The lowest BCUT2D eigenvalue weighted by Crippen LogP contribution is -3.00. The van der Waals surface area contributed by atoms with Gasteiger partial charge in [-0.25, -0.2) is 4.79 Å². The number of hydrogen-bond acceptors (Lipinski definition) is 2. The number of benzene rings is 2. The molecule has 0 aliphatic rings. The number of nitrogens with zero attached hydrogens (tertiary/aromatic N) is 2. The molecule has 0 aliphatic heterocycles. The summed E-state index contributed by atoms with van der Waals surface area (Å²) >= 11 is 0. The highest BCUT2D eigenvalue weighted by atomic mass is 35.5. The molecule has 2 aromatic carbocycles. The SMILES string of the molecule is O=C(O)c1cccc(C[n+]2ccc3ccccc3n2)c1.[Cl-]. The molecule has 0 radical (unpaired) electrons. The zero-order chi connectivity index (χ0) is 13.9. The average molecular weight is 301 g/mol. The van der Waals surface area contributed by atoms with Crippen LogP contribution in [0.1, 0.15) is 15.9 Å². The Labute approximate surface area is 128 Å². The maximum atomic E-state index is 11.0. The molecule has 0 saturated carbocycles. The molecular formula is C16H13ClN2O2. The number of halogens is 1. The fraction of sp³-hybridized carbons (Fsp3) is 0.0625. The van der Waals surface area contributed by atoms with Crippen molar-refractivity contribution in [2.24, 2.45) is 0 Å². The van der Waals surface area contributed by atoms with Crippen LogP contribution >= 0.6 is 0 Å². The molecule has 1 heterocycles. The second-order valence-corrected chi connectivity index (χ2v) is 4.58. The van der Waals surface area contributed by atoms with Gasteiger partial charge in [0.25, 0.3) is 0 Å². The van der Waals surface area contributed by atoms with Gasteiger partial charge in [-0.3, -0.25) is 0 Å². The van der Waals surface area contributed by atoms with Crippen LogP contribution in [0.2, 0.25) is 0 Å². The minimum Gasteiger partial charge on any atom is -1.00 e. The molecule has 106 valence electrons. The van der Waals surface area contributed by atoms with Crippen LogP contribution in [-0.4, -0.2) is 16.2 Å². The standard InChI is InChI=1S/C16H12N2O2.ClH/c19-16(20)14-6-3-4-12(10-14)11-18-9-8-13-5-1-2-7-15(13)17-18;/h1-10H,11H2;1H. The number of carboxylic acids is 1. The molecule has 3 aromatic rings. The number of hydrogen-bond donors (Lipinski definition) is 1. The monoisotopic (exact) mass is 300 g/mol. The first-order valence-corrected chi connectivity index (χ1v) is 6.30. The van der Waals surface area contributed by atoms with Gasteiger partial charge in [-0.1, -0.05) is 35.0 Å². The molecule has 3 rings (SSSR count). The second-order valence-electron chi connectivity index (χ2n) is 4.58. The minimum absolute atomic E-state index is 0. The Bertz CT molecular complexity index is 790. The number of rotatable bonds is 3. The molecule has 1 N–H and O–H groups in total. The van der Waals surface area contributed by atoms with E-state index >= 15 is 0 Å². The predicted octanol–water partition coefficient (Wildman–Crippen LogP) is -0.727. The van der Waals surface area contributed by atoms with Gasteiger partial charge in [-0.15, -0.1) is 0 Å². The molecule has 0 fully saturated rings. The van der Waals surface area contributed by atoms with Gasteiger partial charge in [-0.2, -0.15) is 0 Å². The van der Waals surface area contributed by atoms with Gasteiger partial charge in [0.1, 0.15) is 5.52 Å². The molecule has 5 heteroatoms. The van der Waals surface area contributed by atoms with Gasteiger partial charge in [0.2, 0.25) is 0 Å². The largest absolute Gasteiger partial charge is 1.00 e. The van der Waals surface area contributed by atoms with Crippen molar-refractivity contribution < 1.29 is 27.0 Å². The van der Waals surface area contributed by atoms with Gasteiger partial charge >= 0.3 is 5.97 Å². The molecule has 0 unspecified atom stereocenters. The van der Waals surface area contributed by atoms with E-state index in [4.69, 9.17) is 5.11 Å². The van der Waals surface area contributed by atoms with Crippen LogP contribution < -0.4 is 17.1 Å². The Kier molecular flexibility index (Phi) is 4.50. The molecule has 0 bridgehead atoms. The number of aromatic carboxylic acids is 1. The Morgan fingerprint density at radius 2 is 1.90 bits per heavy atom. The Morgan fingerprint density at radius 3 is 2.71 bits per heavy atom. The van der Waals surface area contributed by atoms with Crippen LogP contribution in [0.3, 0.4) is 0 Å². The van der Waals surface area contributed by atoms with E-state index in [9.17, 15) is 4.79 Å². The summed E-state index contributed by atoms with van der Waals surface area (Å²) in [5, 5.41) is 14.6. The molecule has 1 aromatic heterocycles. The summed E-state index contributed by atoms with van der Waals surface area (Å²) in [6, 6.07) is 16.8. The number of aromatic nitrogens is 2. The normalized spacial score (nSPS) is 10.1. The van der Waals surface area contributed by atoms with Crippen molar-refractivity contribution in [3.8, 4) is 0 Å². The van der Waals surface area contributed by atoms with Crippen molar-refractivity contribution in [1.82, 2.24) is 5.10 Å². The highest BCUT2D eigenvalue weighted by Crippen LogP contribution is 2.08. The van der Waals surface area contributed by atoms with Gasteiger partial charge in [-0.05, 0) is 18.2 Å². The summed E-state index contributed by atoms with van der Waals surface area (Å²) in [5.41, 5.74) is 2.13. The van der Waals surface area contributed by atoms with Crippen molar-refractivity contribution in [2.75, 3.05) is 0 Å². The van der Waals surface area contributed by atoms with Gasteiger partial charge in [0.15, 0.2) is 12.7 Å². The summed E-state index contributed by atoms with van der Waals surface area (Å²) in [6.07, 6.45) is 1.90. The van der Waals surface area contributed by atoms with Crippen LogP contribution in [-0.2, 0) is 6.54 Å². The first kappa shape index (κ1) is 14.9. The van der Waals surface area contributed by atoms with E-state index in [1.165, 1.54) is 0 Å². The van der Waals surface area contributed by atoms with Gasteiger partial charge in [0, 0.05) is 22.1 Å². The van der Waals surface area contributed by atoms with Crippen LogP contribution in [0.4, 0.5) is 0 Å². The van der Waals surface area contributed by atoms with Crippen LogP contribution in [0.5, 0.6) is 0 Å². The zero-order valence-corrected chi connectivity index (χ0v) is 11.9. The zero-order valence-electron chi connectivity index (χ0n) is 11.1. The van der Waals surface area contributed by atoms with E-state index in [2.05, 4.69) is 5.10 Å². The Hall–Kier alpha value is -2.46. The third kappa shape index (κ3) is 3.35. The molecule has 0 amide bonds. The molecular weight excluding hydrogens is 288 g/mol. The lowest BCUT2D eigenvalue weighted by Gasteiger charge is -1.99. The fourth-order valence-electron chi connectivity index (χ4n) is 2.14. The van der Waals surface area contributed by atoms with E-state index in [0.717, 1.165) is 16.5 Å². The number of fused-ring (bicyclic) bond motifs is 1. The predicted molar refractivity (Wildman–Crippen MR) is 74.4 cm³/mol. The summed E-state index contributed by atoms with van der Waals surface area (Å²) in [5.74, 6) is -0.914. The Balaban J connectivity index is 0.00000161. The maximum absolute atomic E-state index is 11.0. The number of carbonyl (C=O) groups is 1. The molecule has 21 heavy (non-hydrogen) atoms. The lowest BCUT2D eigenvalue weighted by atomic mass is 10.1. The third-order valence-electron chi connectivity index (χ3n) is 3.12. The summed E-state index contributed by atoms with van der Waals surface area (Å²) in [4.78, 5) is 11.0. The van der Waals surface area contributed by atoms with Crippen molar-refractivity contribution in [3.63, 3.8) is 0 Å². The van der Waals surface area contributed by atoms with E-state index in [-0.39, 0.29) is 12.4 Å². The molecule has 0 atom stereocenters. The van der Waals surface area contributed by atoms with E-state index in [1.807, 2.05) is 47.3 Å². The highest BCUT2D eigenvalue weighted by molar-refractivity contribution is 5.87. The third-order valence-corrected chi connectivity index (χ3v) is 3.12. The van der Waals surface area contributed by atoms with Crippen molar-refractivity contribution >= 4 is 16.9 Å². The van der Waals surface area contributed by atoms with Gasteiger partial charge < -0.3 is 17.5 Å². The quantitative estimate of drug-likeness (QED) is 0.649. The van der Waals surface area contributed by atoms with Crippen molar-refractivity contribution in [3.05, 3.63) is 71.9 Å². The van der Waals surface area contributed by atoms with Crippen LogP contribution in [0.15, 0.2) is 60.8 Å². The summed E-state index contributed by atoms with van der Waals surface area (Å²) < 4.78 is 1.81. The van der Waals surface area contributed by atoms with E-state index < -0.39 is 5.97 Å². The molecule has 0 aliphatic carbocycles. The van der Waals surface area contributed by atoms with E-state index in [0.29, 0.717) is 12.1 Å². The first-order valence-electron chi connectivity index (χ1n) is 6.30. The van der Waals surface area contributed by atoms with Crippen LogP contribution in [0.25, 0.3) is 10.9 Å².